The molecule has 1 aromatic heterocycles. The third kappa shape index (κ3) is 2.38. The summed E-state index contributed by atoms with van der Waals surface area (Å²) in [7, 11) is 4.97. The first kappa shape index (κ1) is 15.0. The standard InChI is InChI=1S/C16H20N2O3S/c1-16(21-4)15(14-6-5-7-22-14)17-10-8-12(19-2)13(20-3)9-11(10)18-16/h5-9,15,17-18H,1-4H3. The molecule has 0 saturated carbocycles. The predicted octanol–water partition coefficient (Wildman–Crippen LogP) is 3.71. The Hall–Kier alpha value is -1.92. The number of methoxy groups -OCH3 is 3. The summed E-state index contributed by atoms with van der Waals surface area (Å²) in [5, 5.41) is 9.09. The zero-order valence-corrected chi connectivity index (χ0v) is 13.9. The Labute approximate surface area is 134 Å². The summed E-state index contributed by atoms with van der Waals surface area (Å²) in [5.74, 6) is 1.38. The van der Waals surface area contributed by atoms with Crippen LogP contribution in [0.25, 0.3) is 0 Å². The van der Waals surface area contributed by atoms with Crippen LogP contribution in [0.5, 0.6) is 11.5 Å². The summed E-state index contributed by atoms with van der Waals surface area (Å²) in [4.78, 5) is 1.21. The van der Waals surface area contributed by atoms with Gasteiger partial charge in [-0.3, -0.25) is 0 Å². The van der Waals surface area contributed by atoms with Crippen LogP contribution in [-0.4, -0.2) is 27.1 Å². The molecule has 118 valence electrons. The fourth-order valence-corrected chi connectivity index (χ4v) is 3.59. The Bertz CT molecular complexity index is 660. The van der Waals surface area contributed by atoms with Crippen LogP contribution in [0.15, 0.2) is 29.6 Å². The third-order valence-electron chi connectivity index (χ3n) is 4.01. The molecular formula is C16H20N2O3S. The minimum absolute atomic E-state index is 0.00287. The highest BCUT2D eigenvalue weighted by Crippen LogP contribution is 2.46. The average Bonchev–Trinajstić information content (AvgIpc) is 3.07. The Morgan fingerprint density at radius 1 is 1.09 bits per heavy atom. The van der Waals surface area contributed by atoms with E-state index in [1.54, 1.807) is 32.7 Å². The summed E-state index contributed by atoms with van der Waals surface area (Å²) in [6.07, 6.45) is 0. The van der Waals surface area contributed by atoms with Gasteiger partial charge in [-0.05, 0) is 18.4 Å². The highest BCUT2D eigenvalue weighted by Gasteiger charge is 2.40. The van der Waals surface area contributed by atoms with Crippen LogP contribution in [-0.2, 0) is 4.74 Å². The number of ether oxygens (including phenoxy) is 3. The van der Waals surface area contributed by atoms with Gasteiger partial charge in [-0.1, -0.05) is 6.07 Å². The number of rotatable bonds is 4. The van der Waals surface area contributed by atoms with Crippen LogP contribution < -0.4 is 20.1 Å². The summed E-state index contributed by atoms with van der Waals surface area (Å²) >= 11 is 1.70. The van der Waals surface area contributed by atoms with Crippen molar-refractivity contribution in [3.63, 3.8) is 0 Å². The number of benzene rings is 1. The third-order valence-corrected chi connectivity index (χ3v) is 4.95. The van der Waals surface area contributed by atoms with Crippen molar-refractivity contribution in [3.05, 3.63) is 34.5 Å². The largest absolute Gasteiger partial charge is 0.493 e. The maximum atomic E-state index is 5.76. The maximum Gasteiger partial charge on any atom is 0.162 e. The zero-order chi connectivity index (χ0) is 15.7. The van der Waals surface area contributed by atoms with Crippen molar-refractivity contribution in [2.24, 2.45) is 0 Å². The Morgan fingerprint density at radius 3 is 2.32 bits per heavy atom. The number of nitrogens with one attached hydrogen (secondary N) is 2. The first-order valence-electron chi connectivity index (χ1n) is 7.00. The topological polar surface area (TPSA) is 51.8 Å². The highest BCUT2D eigenvalue weighted by atomic mass is 32.1. The molecule has 0 saturated heterocycles. The van der Waals surface area contributed by atoms with E-state index in [1.807, 2.05) is 25.1 Å². The van der Waals surface area contributed by atoms with Gasteiger partial charge in [-0.25, -0.2) is 0 Å². The van der Waals surface area contributed by atoms with E-state index in [0.717, 1.165) is 11.4 Å². The lowest BCUT2D eigenvalue weighted by Gasteiger charge is -2.43. The molecule has 1 aliphatic rings. The lowest BCUT2D eigenvalue weighted by Crippen LogP contribution is -2.49. The molecule has 1 aliphatic heterocycles. The van der Waals surface area contributed by atoms with E-state index < -0.39 is 5.72 Å². The second kappa shape index (κ2) is 5.70. The molecule has 3 rings (SSSR count). The lowest BCUT2D eigenvalue weighted by atomic mass is 9.98. The van der Waals surface area contributed by atoms with E-state index in [-0.39, 0.29) is 6.04 Å². The van der Waals surface area contributed by atoms with Crippen molar-refractivity contribution in [3.8, 4) is 11.5 Å². The number of anilines is 2. The number of thiophene rings is 1. The summed E-state index contributed by atoms with van der Waals surface area (Å²) < 4.78 is 16.5. The Kier molecular flexibility index (Phi) is 3.88. The maximum absolute atomic E-state index is 5.76. The summed E-state index contributed by atoms with van der Waals surface area (Å²) in [6, 6.07) is 8.01. The van der Waals surface area contributed by atoms with Crippen molar-refractivity contribution in [1.82, 2.24) is 0 Å². The van der Waals surface area contributed by atoms with Crippen LogP contribution in [0.4, 0.5) is 11.4 Å². The second-order valence-corrected chi connectivity index (χ2v) is 6.26. The van der Waals surface area contributed by atoms with E-state index in [9.17, 15) is 0 Å². The predicted molar refractivity (Wildman–Crippen MR) is 89.3 cm³/mol. The van der Waals surface area contributed by atoms with Crippen LogP contribution in [0, 0.1) is 0 Å². The number of fused-ring (bicyclic) bond motifs is 1. The van der Waals surface area contributed by atoms with Crippen molar-refractivity contribution in [2.45, 2.75) is 18.7 Å². The van der Waals surface area contributed by atoms with E-state index in [2.05, 4.69) is 22.1 Å². The van der Waals surface area contributed by atoms with Gasteiger partial charge in [-0.2, -0.15) is 0 Å². The smallest absolute Gasteiger partial charge is 0.162 e. The fourth-order valence-electron chi connectivity index (χ4n) is 2.70. The molecule has 0 spiro atoms. The second-order valence-electron chi connectivity index (χ2n) is 5.28. The molecule has 0 fully saturated rings. The number of hydrogen-bond donors (Lipinski definition) is 2. The van der Waals surface area contributed by atoms with Crippen molar-refractivity contribution < 1.29 is 14.2 Å². The lowest BCUT2D eigenvalue weighted by molar-refractivity contribution is 0.0127. The fraction of sp³-hybridized carbons (Fsp3) is 0.375. The molecule has 0 bridgehead atoms. The van der Waals surface area contributed by atoms with Gasteiger partial charge in [0.1, 0.15) is 6.04 Å². The van der Waals surface area contributed by atoms with Gasteiger partial charge in [0.2, 0.25) is 0 Å². The Morgan fingerprint density at radius 2 is 1.77 bits per heavy atom. The van der Waals surface area contributed by atoms with Crippen molar-refractivity contribution in [1.29, 1.82) is 0 Å². The quantitative estimate of drug-likeness (QED) is 0.899. The van der Waals surface area contributed by atoms with Crippen LogP contribution in [0.1, 0.15) is 17.8 Å². The molecule has 6 heteroatoms. The van der Waals surface area contributed by atoms with Gasteiger partial charge in [0.05, 0.1) is 25.6 Å². The monoisotopic (exact) mass is 320 g/mol. The molecule has 0 aliphatic carbocycles. The minimum Gasteiger partial charge on any atom is -0.493 e. The minimum atomic E-state index is -0.558. The van der Waals surface area contributed by atoms with Gasteiger partial charge < -0.3 is 24.8 Å². The molecule has 5 nitrogen and oxygen atoms in total. The summed E-state index contributed by atoms with van der Waals surface area (Å²) in [6.45, 7) is 2.03. The molecule has 2 unspecified atom stereocenters. The summed E-state index contributed by atoms with van der Waals surface area (Å²) in [5.41, 5.74) is 1.33. The van der Waals surface area contributed by atoms with Crippen LogP contribution in [0.2, 0.25) is 0 Å². The molecule has 0 radical (unpaired) electrons. The average molecular weight is 320 g/mol. The van der Waals surface area contributed by atoms with Gasteiger partial charge >= 0.3 is 0 Å². The Balaban J connectivity index is 2.06. The molecule has 2 heterocycles. The zero-order valence-electron chi connectivity index (χ0n) is 13.1. The van der Waals surface area contributed by atoms with E-state index in [4.69, 9.17) is 14.2 Å². The first-order valence-corrected chi connectivity index (χ1v) is 7.88. The van der Waals surface area contributed by atoms with Crippen molar-refractivity contribution in [2.75, 3.05) is 32.0 Å². The molecule has 2 aromatic rings. The van der Waals surface area contributed by atoms with Crippen LogP contribution >= 0.6 is 11.3 Å². The molecular weight excluding hydrogens is 300 g/mol. The van der Waals surface area contributed by atoms with Gasteiger partial charge in [0.15, 0.2) is 17.2 Å². The number of hydrogen-bond acceptors (Lipinski definition) is 6. The highest BCUT2D eigenvalue weighted by molar-refractivity contribution is 7.10. The normalized spacial score (nSPS) is 23.2. The van der Waals surface area contributed by atoms with E-state index in [1.165, 1.54) is 4.88 Å². The molecule has 1 aromatic carbocycles. The van der Waals surface area contributed by atoms with Crippen LogP contribution in [0.3, 0.4) is 0 Å². The van der Waals surface area contributed by atoms with Gasteiger partial charge in [0.25, 0.3) is 0 Å². The van der Waals surface area contributed by atoms with Crippen molar-refractivity contribution >= 4 is 22.7 Å². The SMILES string of the molecule is COc1cc2c(cc1OC)NC(C)(OC)C(c1cccs1)N2. The molecule has 22 heavy (non-hydrogen) atoms. The molecule has 2 atom stereocenters. The van der Waals surface area contributed by atoms with Gasteiger partial charge in [0, 0.05) is 24.1 Å². The van der Waals surface area contributed by atoms with Gasteiger partial charge in [-0.15, -0.1) is 11.3 Å². The molecule has 2 N–H and O–H groups in total. The van der Waals surface area contributed by atoms with E-state index in [0.29, 0.717) is 11.5 Å². The van der Waals surface area contributed by atoms with E-state index >= 15 is 0 Å². The first-order chi connectivity index (χ1) is 10.6. The molecule has 0 amide bonds.